The Morgan fingerprint density at radius 3 is 1.50 bits per heavy atom. The molecular weight excluding hydrogens is 215 g/mol. The van der Waals surface area contributed by atoms with Crippen LogP contribution in [0.2, 0.25) is 0 Å². The monoisotopic (exact) mass is 228 g/mol. The van der Waals surface area contributed by atoms with Gasteiger partial charge in [-0.15, -0.1) is 9.24 Å². The third-order valence-corrected chi connectivity index (χ3v) is 3.49. The highest BCUT2D eigenvalue weighted by molar-refractivity contribution is 7.20. The molecule has 0 aliphatic rings. The van der Waals surface area contributed by atoms with Crippen molar-refractivity contribution < 1.29 is 4.79 Å². The zero-order chi connectivity index (χ0) is 11.4. The highest BCUT2D eigenvalue weighted by Crippen LogP contribution is 2.36. The van der Waals surface area contributed by atoms with Crippen LogP contribution in [0.4, 0.5) is 0 Å². The van der Waals surface area contributed by atoms with Crippen molar-refractivity contribution in [3.63, 3.8) is 0 Å². The Kier molecular flexibility index (Phi) is 3.17. The molecule has 0 aliphatic heterocycles. The maximum absolute atomic E-state index is 11.4. The van der Waals surface area contributed by atoms with Gasteiger partial charge in [0.05, 0.1) is 5.16 Å². The van der Waals surface area contributed by atoms with Crippen LogP contribution in [-0.2, 0) is 9.95 Å². The number of aldehydes is 1. The molecule has 80 valence electrons. The van der Waals surface area contributed by atoms with E-state index in [-0.39, 0.29) is 0 Å². The van der Waals surface area contributed by atoms with E-state index >= 15 is 0 Å². The normalized spacial score (nSPS) is 11.1. The molecule has 0 fully saturated rings. The topological polar surface area (TPSA) is 17.1 Å². The summed E-state index contributed by atoms with van der Waals surface area (Å²) in [6.07, 6.45) is 0.975. The van der Waals surface area contributed by atoms with Gasteiger partial charge >= 0.3 is 0 Å². The minimum absolute atomic E-state index is 0.636. The molecule has 0 amide bonds. The van der Waals surface area contributed by atoms with Gasteiger partial charge < -0.3 is 4.79 Å². The van der Waals surface area contributed by atoms with Gasteiger partial charge in [-0.3, -0.25) is 0 Å². The van der Waals surface area contributed by atoms with Gasteiger partial charge in [0.1, 0.15) is 6.29 Å². The van der Waals surface area contributed by atoms with Crippen molar-refractivity contribution in [1.29, 1.82) is 0 Å². The van der Waals surface area contributed by atoms with E-state index in [0.717, 1.165) is 17.4 Å². The fraction of sp³-hybridized carbons (Fsp3) is 0.0714. The lowest BCUT2D eigenvalue weighted by Gasteiger charge is -2.23. The molecule has 0 radical (unpaired) electrons. The quantitative estimate of drug-likeness (QED) is 0.583. The Morgan fingerprint density at radius 1 is 0.812 bits per heavy atom. The van der Waals surface area contributed by atoms with Gasteiger partial charge in [0.25, 0.3) is 0 Å². The molecule has 0 N–H and O–H groups in total. The van der Waals surface area contributed by atoms with Gasteiger partial charge in [0, 0.05) is 0 Å². The summed E-state index contributed by atoms with van der Waals surface area (Å²) >= 11 is 0. The van der Waals surface area contributed by atoms with E-state index in [0.29, 0.717) is 0 Å². The van der Waals surface area contributed by atoms with E-state index in [4.69, 9.17) is 0 Å². The summed E-state index contributed by atoms with van der Waals surface area (Å²) in [5.74, 6) is 0. The summed E-state index contributed by atoms with van der Waals surface area (Å²) < 4.78 is 0. The molecule has 1 unspecified atom stereocenters. The second kappa shape index (κ2) is 4.59. The Labute approximate surface area is 97.7 Å². The van der Waals surface area contributed by atoms with E-state index in [2.05, 4.69) is 9.24 Å². The molecule has 0 saturated heterocycles. The molecule has 1 nitrogen and oxygen atoms in total. The largest absolute Gasteiger partial charge is 0.302 e. The van der Waals surface area contributed by atoms with E-state index in [9.17, 15) is 4.79 Å². The average molecular weight is 228 g/mol. The summed E-state index contributed by atoms with van der Waals surface area (Å²) in [7, 11) is 2.65. The van der Waals surface area contributed by atoms with Gasteiger partial charge in [-0.1, -0.05) is 60.7 Å². The fourth-order valence-corrected chi connectivity index (χ4v) is 2.12. The molecule has 0 aromatic heterocycles. The summed E-state index contributed by atoms with van der Waals surface area (Å²) in [6, 6.07) is 19.5. The van der Waals surface area contributed by atoms with Gasteiger partial charge in [0.2, 0.25) is 0 Å². The Bertz CT molecular complexity index is 425. The van der Waals surface area contributed by atoms with Crippen LogP contribution >= 0.6 is 9.24 Å². The molecule has 2 aromatic rings. The van der Waals surface area contributed by atoms with Crippen LogP contribution in [0.1, 0.15) is 11.1 Å². The Morgan fingerprint density at radius 2 is 1.19 bits per heavy atom. The van der Waals surface area contributed by atoms with Crippen LogP contribution in [-0.4, -0.2) is 6.29 Å². The fourth-order valence-electron chi connectivity index (χ4n) is 1.73. The van der Waals surface area contributed by atoms with Crippen molar-refractivity contribution in [2.45, 2.75) is 5.16 Å². The molecule has 0 heterocycles. The summed E-state index contributed by atoms with van der Waals surface area (Å²) in [5.41, 5.74) is 1.97. The number of carbonyl (C=O) groups excluding carboxylic acids is 1. The zero-order valence-corrected chi connectivity index (χ0v) is 9.99. The lowest BCUT2D eigenvalue weighted by atomic mass is 9.91. The molecule has 0 aliphatic carbocycles. The number of rotatable bonds is 3. The van der Waals surface area contributed by atoms with Crippen molar-refractivity contribution in [3.8, 4) is 0 Å². The first kappa shape index (κ1) is 11.0. The maximum Gasteiger partial charge on any atom is 0.138 e. The molecule has 1 atom stereocenters. The summed E-state index contributed by atoms with van der Waals surface area (Å²) in [4.78, 5) is 11.4. The van der Waals surface area contributed by atoms with Crippen molar-refractivity contribution in [2.75, 3.05) is 0 Å². The molecule has 2 heteroatoms. The van der Waals surface area contributed by atoms with Crippen LogP contribution in [0.25, 0.3) is 0 Å². The van der Waals surface area contributed by atoms with Gasteiger partial charge in [-0.05, 0) is 11.1 Å². The van der Waals surface area contributed by atoms with Gasteiger partial charge in [-0.2, -0.15) is 0 Å². The van der Waals surface area contributed by atoms with Crippen LogP contribution < -0.4 is 0 Å². The van der Waals surface area contributed by atoms with Gasteiger partial charge in [0.15, 0.2) is 0 Å². The third-order valence-electron chi connectivity index (χ3n) is 2.69. The molecule has 2 rings (SSSR count). The highest BCUT2D eigenvalue weighted by Gasteiger charge is 2.27. The average Bonchev–Trinajstić information content (AvgIpc) is 2.40. The Balaban J connectivity index is 2.53. The number of hydrogen-bond acceptors (Lipinski definition) is 1. The first-order chi connectivity index (χ1) is 7.77. The van der Waals surface area contributed by atoms with Crippen molar-refractivity contribution >= 4 is 15.5 Å². The first-order valence-corrected chi connectivity index (χ1v) is 5.71. The SMILES string of the molecule is O=CC(P)(c1ccccc1)c1ccccc1. The molecule has 16 heavy (non-hydrogen) atoms. The zero-order valence-electron chi connectivity index (χ0n) is 8.84. The number of benzene rings is 2. The molecule has 0 spiro atoms. The first-order valence-electron chi connectivity index (χ1n) is 5.13. The predicted octanol–water partition coefficient (Wildman–Crippen LogP) is 3.00. The lowest BCUT2D eigenvalue weighted by molar-refractivity contribution is -0.109. The van der Waals surface area contributed by atoms with Crippen molar-refractivity contribution in [2.24, 2.45) is 0 Å². The minimum atomic E-state index is -0.636. The van der Waals surface area contributed by atoms with Crippen molar-refractivity contribution in [3.05, 3.63) is 71.8 Å². The smallest absolute Gasteiger partial charge is 0.138 e. The van der Waals surface area contributed by atoms with E-state index in [1.165, 1.54) is 0 Å². The summed E-state index contributed by atoms with van der Waals surface area (Å²) in [5, 5.41) is -0.636. The van der Waals surface area contributed by atoms with E-state index in [1.54, 1.807) is 0 Å². The van der Waals surface area contributed by atoms with Crippen LogP contribution in [0.15, 0.2) is 60.7 Å². The minimum Gasteiger partial charge on any atom is -0.302 e. The van der Waals surface area contributed by atoms with E-state index in [1.807, 2.05) is 60.7 Å². The predicted molar refractivity (Wildman–Crippen MR) is 69.4 cm³/mol. The molecule has 0 bridgehead atoms. The Hall–Kier alpha value is -1.46. The second-order valence-corrected chi connectivity index (χ2v) is 4.63. The molecule has 0 saturated carbocycles. The van der Waals surface area contributed by atoms with E-state index < -0.39 is 5.16 Å². The second-order valence-electron chi connectivity index (χ2n) is 3.72. The van der Waals surface area contributed by atoms with Crippen LogP contribution in [0, 0.1) is 0 Å². The standard InChI is InChI=1S/C14H13OP/c15-11-14(16,12-7-3-1-4-8-12)13-9-5-2-6-10-13/h1-11H,16H2. The van der Waals surface area contributed by atoms with Crippen molar-refractivity contribution in [1.82, 2.24) is 0 Å². The maximum atomic E-state index is 11.4. The number of hydrogen-bond donors (Lipinski definition) is 0. The van der Waals surface area contributed by atoms with Gasteiger partial charge in [-0.25, -0.2) is 0 Å². The highest BCUT2D eigenvalue weighted by atomic mass is 31.0. The van der Waals surface area contributed by atoms with Crippen LogP contribution in [0.3, 0.4) is 0 Å². The lowest BCUT2D eigenvalue weighted by Crippen LogP contribution is -2.21. The summed E-state index contributed by atoms with van der Waals surface area (Å²) in [6.45, 7) is 0. The third kappa shape index (κ3) is 1.91. The van der Waals surface area contributed by atoms with Crippen LogP contribution in [0.5, 0.6) is 0 Å². The number of carbonyl (C=O) groups is 1. The molecule has 2 aromatic carbocycles. The molecular formula is C14H13OP.